The van der Waals surface area contributed by atoms with E-state index in [0.717, 1.165) is 37.6 Å². The molecule has 0 bridgehead atoms. The van der Waals surface area contributed by atoms with Crippen LogP contribution in [0.15, 0.2) is 12.3 Å². The highest BCUT2D eigenvalue weighted by molar-refractivity contribution is 6.28. The molecule has 1 spiro atoms. The van der Waals surface area contributed by atoms with Gasteiger partial charge in [0, 0.05) is 31.7 Å². The van der Waals surface area contributed by atoms with Gasteiger partial charge in [0.15, 0.2) is 5.82 Å². The third-order valence-corrected chi connectivity index (χ3v) is 5.55. The average Bonchev–Trinajstić information content (AvgIpc) is 3.13. The van der Waals surface area contributed by atoms with Crippen molar-refractivity contribution in [2.75, 3.05) is 13.6 Å². The van der Waals surface area contributed by atoms with Crippen molar-refractivity contribution in [2.45, 2.75) is 31.1 Å². The van der Waals surface area contributed by atoms with E-state index in [2.05, 4.69) is 9.97 Å². The second-order valence-electron chi connectivity index (χ2n) is 6.84. The highest BCUT2D eigenvalue weighted by Gasteiger charge is 2.46. The third kappa shape index (κ3) is 2.09. The first-order chi connectivity index (χ1) is 11.4. The Hall–Kier alpha value is -1.95. The van der Waals surface area contributed by atoms with Crippen molar-refractivity contribution >= 4 is 17.5 Å². The van der Waals surface area contributed by atoms with Crippen LogP contribution in [0.5, 0.6) is 0 Å². The molecule has 126 valence electrons. The fraction of sp³-hybridized carbons (Fsp3) is 0.471. The van der Waals surface area contributed by atoms with Crippen molar-refractivity contribution in [1.29, 1.82) is 0 Å². The smallest absolute Gasteiger partial charge is 0.255 e. The van der Waals surface area contributed by atoms with Crippen LogP contribution in [-0.4, -0.2) is 38.9 Å². The van der Waals surface area contributed by atoms with Crippen molar-refractivity contribution < 1.29 is 9.18 Å². The molecule has 0 atom stereocenters. The molecule has 0 radical (unpaired) electrons. The molecular formula is C17H18ClFN4O. The fourth-order valence-corrected chi connectivity index (χ4v) is 4.55. The van der Waals surface area contributed by atoms with Gasteiger partial charge in [-0.15, -0.1) is 0 Å². The summed E-state index contributed by atoms with van der Waals surface area (Å²) in [7, 11) is 3.71. The number of hydrogen-bond donors (Lipinski definition) is 0. The summed E-state index contributed by atoms with van der Waals surface area (Å²) >= 11 is 5.84. The van der Waals surface area contributed by atoms with E-state index in [1.807, 2.05) is 18.7 Å². The Morgan fingerprint density at radius 3 is 2.71 bits per heavy atom. The van der Waals surface area contributed by atoms with Crippen LogP contribution >= 0.6 is 11.6 Å². The van der Waals surface area contributed by atoms with Crippen LogP contribution in [0.25, 0.3) is 11.4 Å². The van der Waals surface area contributed by atoms with Crippen molar-refractivity contribution in [3.63, 3.8) is 0 Å². The van der Waals surface area contributed by atoms with Gasteiger partial charge in [-0.25, -0.2) is 14.4 Å². The van der Waals surface area contributed by atoms with Gasteiger partial charge in [0.05, 0.1) is 17.5 Å². The van der Waals surface area contributed by atoms with Gasteiger partial charge in [-0.3, -0.25) is 4.79 Å². The fourth-order valence-electron chi connectivity index (χ4n) is 4.41. The van der Waals surface area contributed by atoms with E-state index in [9.17, 15) is 9.18 Å². The number of nitrogens with zero attached hydrogens (tertiary/aromatic N) is 4. The maximum atomic E-state index is 14.3. The zero-order valence-corrected chi connectivity index (χ0v) is 14.4. The molecule has 1 saturated carbocycles. The Morgan fingerprint density at radius 1 is 1.29 bits per heavy atom. The summed E-state index contributed by atoms with van der Waals surface area (Å²) in [6.45, 7) is 0.711. The molecule has 3 heterocycles. The minimum absolute atomic E-state index is 0.00963. The number of fused-ring (bicyclic) bond motifs is 2. The molecule has 0 saturated heterocycles. The predicted octanol–water partition coefficient (Wildman–Crippen LogP) is 3.17. The molecule has 1 amide bonds. The molecule has 0 N–H and O–H groups in total. The largest absolute Gasteiger partial charge is 0.345 e. The molecule has 4 rings (SSSR count). The van der Waals surface area contributed by atoms with Crippen molar-refractivity contribution in [3.8, 4) is 11.4 Å². The second-order valence-corrected chi connectivity index (χ2v) is 7.17. The van der Waals surface area contributed by atoms with E-state index in [1.54, 1.807) is 11.0 Å². The molecule has 2 aliphatic rings. The van der Waals surface area contributed by atoms with E-state index in [1.165, 1.54) is 0 Å². The number of carbonyl (C=O) groups excluding carboxylic acids is 1. The standard InChI is InChI=1S/C17H18ClFN4O/c1-22-9-17(5-3-4-6-17)14-10(15(22)24)7-12(23(14)2)13-11(19)8-20-16(18)21-13/h7-8H,3-6,9H2,1-2H3. The van der Waals surface area contributed by atoms with Gasteiger partial charge in [-0.2, -0.15) is 0 Å². The summed E-state index contributed by atoms with van der Waals surface area (Å²) in [6, 6.07) is 1.75. The number of amides is 1. The minimum Gasteiger partial charge on any atom is -0.345 e. The summed E-state index contributed by atoms with van der Waals surface area (Å²) in [5.74, 6) is -0.566. The monoisotopic (exact) mass is 348 g/mol. The average molecular weight is 349 g/mol. The number of aromatic nitrogens is 3. The van der Waals surface area contributed by atoms with Gasteiger partial charge in [-0.1, -0.05) is 12.8 Å². The van der Waals surface area contributed by atoms with Gasteiger partial charge >= 0.3 is 0 Å². The summed E-state index contributed by atoms with van der Waals surface area (Å²) in [5.41, 5.74) is 2.31. The van der Waals surface area contributed by atoms with Crippen LogP contribution in [0, 0.1) is 5.82 Å². The number of likely N-dealkylation sites (N-methyl/N-ethyl adjacent to an activating group) is 1. The molecule has 0 aromatic carbocycles. The summed E-state index contributed by atoms with van der Waals surface area (Å²) in [6.07, 6.45) is 5.45. The second kappa shape index (κ2) is 5.28. The van der Waals surface area contributed by atoms with E-state index >= 15 is 0 Å². The lowest BCUT2D eigenvalue weighted by atomic mass is 9.77. The van der Waals surface area contributed by atoms with Gasteiger partial charge in [0.2, 0.25) is 5.28 Å². The zero-order valence-electron chi connectivity index (χ0n) is 13.6. The highest BCUT2D eigenvalue weighted by atomic mass is 35.5. The normalized spacial score (nSPS) is 19.2. The third-order valence-electron chi connectivity index (χ3n) is 5.37. The van der Waals surface area contributed by atoms with Gasteiger partial charge in [0.1, 0.15) is 5.69 Å². The van der Waals surface area contributed by atoms with Crippen LogP contribution < -0.4 is 0 Å². The molecular weight excluding hydrogens is 331 g/mol. The maximum absolute atomic E-state index is 14.3. The Labute approximate surface area is 144 Å². The molecule has 1 aliphatic heterocycles. The molecule has 2 aromatic heterocycles. The lowest BCUT2D eigenvalue weighted by Gasteiger charge is -2.39. The van der Waals surface area contributed by atoms with Crippen LogP contribution in [0.4, 0.5) is 4.39 Å². The van der Waals surface area contributed by atoms with E-state index in [0.29, 0.717) is 17.8 Å². The Balaban J connectivity index is 1.96. The molecule has 1 fully saturated rings. The van der Waals surface area contributed by atoms with Crippen LogP contribution in [0.1, 0.15) is 41.7 Å². The molecule has 5 nitrogen and oxygen atoms in total. The summed E-state index contributed by atoms with van der Waals surface area (Å²) in [5, 5.41) is -0.00963. The number of carbonyl (C=O) groups is 1. The highest BCUT2D eigenvalue weighted by Crippen LogP contribution is 2.47. The van der Waals surface area contributed by atoms with Gasteiger partial charge in [0.25, 0.3) is 5.91 Å². The van der Waals surface area contributed by atoms with Crippen LogP contribution in [0.2, 0.25) is 5.28 Å². The van der Waals surface area contributed by atoms with Gasteiger partial charge < -0.3 is 9.47 Å². The quantitative estimate of drug-likeness (QED) is 0.744. The van der Waals surface area contributed by atoms with E-state index in [-0.39, 0.29) is 22.3 Å². The lowest BCUT2D eigenvalue weighted by Crippen LogP contribution is -2.47. The van der Waals surface area contributed by atoms with Crippen LogP contribution in [0.3, 0.4) is 0 Å². The SMILES string of the molecule is CN1CC2(CCCC2)c2c(cc(-c3nc(Cl)ncc3F)n2C)C1=O. The Morgan fingerprint density at radius 2 is 2.00 bits per heavy atom. The van der Waals surface area contributed by atoms with E-state index < -0.39 is 5.82 Å². The topological polar surface area (TPSA) is 51.0 Å². The zero-order chi connectivity index (χ0) is 17.1. The summed E-state index contributed by atoms with van der Waals surface area (Å²) < 4.78 is 16.2. The lowest BCUT2D eigenvalue weighted by molar-refractivity contribution is 0.0718. The molecule has 2 aromatic rings. The number of hydrogen-bond acceptors (Lipinski definition) is 3. The first kappa shape index (κ1) is 15.6. The van der Waals surface area contributed by atoms with Crippen LogP contribution in [-0.2, 0) is 12.5 Å². The number of halogens is 2. The molecule has 7 heteroatoms. The first-order valence-corrected chi connectivity index (χ1v) is 8.45. The molecule has 0 unspecified atom stereocenters. The first-order valence-electron chi connectivity index (χ1n) is 8.07. The Kier molecular flexibility index (Phi) is 3.42. The van der Waals surface area contributed by atoms with Gasteiger partial charge in [-0.05, 0) is 30.5 Å². The molecule has 24 heavy (non-hydrogen) atoms. The maximum Gasteiger partial charge on any atom is 0.255 e. The van der Waals surface area contributed by atoms with Crippen molar-refractivity contribution in [2.24, 2.45) is 7.05 Å². The predicted molar refractivity (Wildman–Crippen MR) is 88.5 cm³/mol. The summed E-state index contributed by atoms with van der Waals surface area (Å²) in [4.78, 5) is 22.2. The van der Waals surface area contributed by atoms with Crippen molar-refractivity contribution in [3.05, 3.63) is 34.6 Å². The minimum atomic E-state index is -0.543. The Bertz CT molecular complexity index is 841. The molecule has 1 aliphatic carbocycles. The number of rotatable bonds is 1. The van der Waals surface area contributed by atoms with Crippen molar-refractivity contribution in [1.82, 2.24) is 19.4 Å². The van der Waals surface area contributed by atoms with E-state index in [4.69, 9.17) is 11.6 Å².